The maximum absolute atomic E-state index is 13.8. The summed E-state index contributed by atoms with van der Waals surface area (Å²) in [6.45, 7) is 3.46. The summed E-state index contributed by atoms with van der Waals surface area (Å²) in [4.78, 5) is 15.4. The number of carbonyl (C=O) groups is 1. The van der Waals surface area contributed by atoms with Crippen LogP contribution in [0.25, 0.3) is 0 Å². The van der Waals surface area contributed by atoms with Crippen LogP contribution in [-0.2, 0) is 16.1 Å². The number of morpholine rings is 1. The molecule has 1 N–H and O–H groups in total. The van der Waals surface area contributed by atoms with Gasteiger partial charge in [0.15, 0.2) is 6.10 Å². The fourth-order valence-corrected chi connectivity index (χ4v) is 4.79. The zero-order valence-corrected chi connectivity index (χ0v) is 18.0. The minimum atomic E-state index is -4.50. The number of alkyl halides is 3. The Morgan fingerprint density at radius 3 is 2.71 bits per heavy atom. The molecule has 1 fully saturated rings. The molecular formula is C21H24F4N2O3S. The van der Waals surface area contributed by atoms with Crippen molar-refractivity contribution in [1.29, 1.82) is 0 Å². The number of nitrogens with zero attached hydrogens (tertiary/aromatic N) is 2. The van der Waals surface area contributed by atoms with Gasteiger partial charge in [-0.15, -0.1) is 11.8 Å². The van der Waals surface area contributed by atoms with Crippen LogP contribution in [0.5, 0.6) is 0 Å². The Kier molecular flexibility index (Phi) is 7.33. The van der Waals surface area contributed by atoms with Crippen LogP contribution in [0.15, 0.2) is 46.5 Å². The molecule has 31 heavy (non-hydrogen) atoms. The Morgan fingerprint density at radius 2 is 2.10 bits per heavy atom. The van der Waals surface area contributed by atoms with E-state index in [1.165, 1.54) is 23.9 Å². The van der Waals surface area contributed by atoms with Crippen molar-refractivity contribution in [2.24, 2.45) is 0 Å². The number of carboxylic acids is 1. The number of rotatable bonds is 6. The van der Waals surface area contributed by atoms with Crippen molar-refractivity contribution in [1.82, 2.24) is 9.80 Å². The van der Waals surface area contributed by atoms with Gasteiger partial charge in [0.1, 0.15) is 12.0 Å². The summed E-state index contributed by atoms with van der Waals surface area (Å²) < 4.78 is 58.6. The van der Waals surface area contributed by atoms with E-state index in [0.717, 1.165) is 0 Å². The summed E-state index contributed by atoms with van der Waals surface area (Å²) in [7, 11) is 0. The predicted octanol–water partition coefficient (Wildman–Crippen LogP) is 4.23. The fourth-order valence-electron chi connectivity index (χ4n) is 3.79. The van der Waals surface area contributed by atoms with Gasteiger partial charge >= 0.3 is 12.1 Å². The number of benzene rings is 1. The summed E-state index contributed by atoms with van der Waals surface area (Å²) in [6, 6.07) is 5.90. The highest BCUT2D eigenvalue weighted by Gasteiger charge is 2.45. The van der Waals surface area contributed by atoms with Gasteiger partial charge in [0.05, 0.1) is 17.2 Å². The molecule has 2 aliphatic rings. The second-order valence-electron chi connectivity index (χ2n) is 7.34. The first-order valence-corrected chi connectivity index (χ1v) is 10.8. The first-order chi connectivity index (χ1) is 14.6. The molecule has 1 aromatic rings. The number of thioether (sulfide) groups is 1. The van der Waals surface area contributed by atoms with Gasteiger partial charge in [-0.1, -0.05) is 19.1 Å². The van der Waals surface area contributed by atoms with Crippen molar-refractivity contribution in [3.8, 4) is 0 Å². The first-order valence-electron chi connectivity index (χ1n) is 9.84. The molecular weight excluding hydrogens is 436 g/mol. The lowest BCUT2D eigenvalue weighted by atomic mass is 10.0. The molecule has 0 spiro atoms. The molecule has 3 rings (SSSR count). The van der Waals surface area contributed by atoms with E-state index in [9.17, 15) is 27.5 Å². The lowest BCUT2D eigenvalue weighted by molar-refractivity contribution is -0.241. The largest absolute Gasteiger partial charge is 0.478 e. The SMILES string of the molecule is CCSC1=C(C(=O)O)C(C)=CC(N2CCOC(C(F)(F)F)C2)N1Cc1cccc(F)c1. The minimum Gasteiger partial charge on any atom is -0.478 e. The molecule has 0 amide bonds. The van der Waals surface area contributed by atoms with Gasteiger partial charge in [0.2, 0.25) is 0 Å². The molecule has 2 atom stereocenters. The molecule has 10 heteroatoms. The molecule has 0 saturated carbocycles. The molecule has 0 bridgehead atoms. The van der Waals surface area contributed by atoms with Gasteiger partial charge in [-0.05, 0) is 42.0 Å². The molecule has 0 aliphatic carbocycles. The lowest BCUT2D eigenvalue weighted by Gasteiger charge is -2.46. The van der Waals surface area contributed by atoms with E-state index in [1.54, 1.807) is 34.9 Å². The van der Waals surface area contributed by atoms with Crippen LogP contribution in [0, 0.1) is 5.82 Å². The number of carboxylic acid groups (broad SMARTS) is 1. The molecule has 2 aliphatic heterocycles. The van der Waals surface area contributed by atoms with E-state index in [2.05, 4.69) is 0 Å². The topological polar surface area (TPSA) is 53.0 Å². The first kappa shape index (κ1) is 23.6. The number of hydrogen-bond donors (Lipinski definition) is 1. The van der Waals surface area contributed by atoms with Crippen LogP contribution in [0.4, 0.5) is 17.6 Å². The third-order valence-electron chi connectivity index (χ3n) is 5.16. The summed E-state index contributed by atoms with van der Waals surface area (Å²) in [5.74, 6) is -0.976. The maximum Gasteiger partial charge on any atom is 0.415 e. The van der Waals surface area contributed by atoms with Crippen LogP contribution in [-0.4, -0.2) is 64.8 Å². The van der Waals surface area contributed by atoms with Crippen molar-refractivity contribution < 1.29 is 32.2 Å². The molecule has 2 heterocycles. The Hall–Kier alpha value is -2.04. The van der Waals surface area contributed by atoms with Gasteiger partial charge < -0.3 is 14.7 Å². The molecule has 5 nitrogen and oxygen atoms in total. The highest BCUT2D eigenvalue weighted by Crippen LogP contribution is 2.38. The van der Waals surface area contributed by atoms with Crippen molar-refractivity contribution in [2.45, 2.75) is 38.8 Å². The van der Waals surface area contributed by atoms with E-state index in [4.69, 9.17) is 4.74 Å². The molecule has 1 aromatic carbocycles. The van der Waals surface area contributed by atoms with Gasteiger partial charge in [-0.2, -0.15) is 13.2 Å². The Balaban J connectivity index is 2.02. The quantitative estimate of drug-likeness (QED) is 0.642. The van der Waals surface area contributed by atoms with E-state index in [0.29, 0.717) is 21.9 Å². The second-order valence-corrected chi connectivity index (χ2v) is 8.59. The third kappa shape index (κ3) is 5.42. The second kappa shape index (κ2) is 9.62. The average molecular weight is 460 g/mol. The number of aliphatic carboxylic acids is 1. The number of halogens is 4. The van der Waals surface area contributed by atoms with Crippen molar-refractivity contribution >= 4 is 17.7 Å². The number of hydrogen-bond acceptors (Lipinski definition) is 5. The van der Waals surface area contributed by atoms with Crippen LogP contribution in [0.1, 0.15) is 19.4 Å². The summed E-state index contributed by atoms with van der Waals surface area (Å²) >= 11 is 1.31. The third-order valence-corrected chi connectivity index (χ3v) is 6.16. The molecule has 1 saturated heterocycles. The van der Waals surface area contributed by atoms with Crippen molar-refractivity contribution in [2.75, 3.05) is 25.4 Å². The van der Waals surface area contributed by atoms with Crippen LogP contribution < -0.4 is 0 Å². The molecule has 0 aromatic heterocycles. The molecule has 0 radical (unpaired) electrons. The summed E-state index contributed by atoms with van der Waals surface area (Å²) in [5.41, 5.74) is 1.19. The Bertz CT molecular complexity index is 888. The van der Waals surface area contributed by atoms with E-state index in [1.807, 2.05) is 6.92 Å². The van der Waals surface area contributed by atoms with Gasteiger partial charge in [0.25, 0.3) is 0 Å². The van der Waals surface area contributed by atoms with Crippen molar-refractivity contribution in [3.63, 3.8) is 0 Å². The smallest absolute Gasteiger partial charge is 0.415 e. The zero-order valence-electron chi connectivity index (χ0n) is 17.2. The van der Waals surface area contributed by atoms with Gasteiger partial charge in [0, 0.05) is 19.6 Å². The van der Waals surface area contributed by atoms with Crippen LogP contribution >= 0.6 is 11.8 Å². The normalized spacial score (nSPS) is 23.2. The molecule has 2 unspecified atom stereocenters. The Labute approximate surface area is 182 Å². The molecule has 170 valence electrons. The lowest BCUT2D eigenvalue weighted by Crippen LogP contribution is -2.57. The number of ether oxygens (including phenoxy) is 1. The van der Waals surface area contributed by atoms with Gasteiger partial charge in [-0.3, -0.25) is 4.90 Å². The van der Waals surface area contributed by atoms with Crippen LogP contribution in [0.3, 0.4) is 0 Å². The van der Waals surface area contributed by atoms with E-state index in [-0.39, 0.29) is 31.8 Å². The summed E-state index contributed by atoms with van der Waals surface area (Å²) in [6.07, 6.45) is -5.36. The van der Waals surface area contributed by atoms with Crippen molar-refractivity contribution in [3.05, 3.63) is 57.9 Å². The van der Waals surface area contributed by atoms with Crippen LogP contribution in [0.2, 0.25) is 0 Å². The monoisotopic (exact) mass is 460 g/mol. The average Bonchev–Trinajstić information content (AvgIpc) is 2.69. The summed E-state index contributed by atoms with van der Waals surface area (Å²) in [5, 5.41) is 10.3. The Morgan fingerprint density at radius 1 is 1.35 bits per heavy atom. The maximum atomic E-state index is 13.8. The highest BCUT2D eigenvalue weighted by molar-refractivity contribution is 8.03. The highest BCUT2D eigenvalue weighted by atomic mass is 32.2. The zero-order chi connectivity index (χ0) is 22.8. The van der Waals surface area contributed by atoms with E-state index < -0.39 is 30.2 Å². The fraction of sp³-hybridized carbons (Fsp3) is 0.476. The van der Waals surface area contributed by atoms with Gasteiger partial charge in [-0.25, -0.2) is 9.18 Å². The standard InChI is InChI=1S/C21H24F4N2O3S/c1-3-31-19-18(20(28)29)13(2)9-17(26-7-8-30-16(12-26)21(23,24)25)27(19)11-14-5-4-6-15(22)10-14/h4-6,9-10,16-17H,3,7-8,11-12H2,1-2H3,(H,28,29). The minimum absolute atomic E-state index is 0.0902. The van der Waals surface area contributed by atoms with E-state index >= 15 is 0 Å². The predicted molar refractivity (Wildman–Crippen MR) is 110 cm³/mol.